The van der Waals surface area contributed by atoms with Gasteiger partial charge in [-0.25, -0.2) is 4.79 Å². The van der Waals surface area contributed by atoms with Gasteiger partial charge in [-0.05, 0) is 36.8 Å². The number of nitrogens with one attached hydrogen (secondary N) is 2. The number of benzene rings is 1. The standard InChI is InChI=1S/C14H15N3O2S/c1-9-2-7-12(20-9)13(18)16-8-10-3-5-11(6-4-10)17-14(15)19/h2-7H,8H2,1H3,(H,16,18)(H3,15,17,19). The van der Waals surface area contributed by atoms with Gasteiger partial charge < -0.3 is 16.4 Å². The fourth-order valence-electron chi connectivity index (χ4n) is 1.67. The summed E-state index contributed by atoms with van der Waals surface area (Å²) in [6.45, 7) is 2.40. The van der Waals surface area contributed by atoms with Gasteiger partial charge in [0.15, 0.2) is 0 Å². The molecule has 20 heavy (non-hydrogen) atoms. The van der Waals surface area contributed by atoms with E-state index in [0.717, 1.165) is 10.4 Å². The van der Waals surface area contributed by atoms with Gasteiger partial charge in [0, 0.05) is 17.1 Å². The van der Waals surface area contributed by atoms with Crippen molar-refractivity contribution in [2.75, 3.05) is 5.32 Å². The number of primary amides is 1. The maximum atomic E-state index is 11.9. The van der Waals surface area contributed by atoms with E-state index in [-0.39, 0.29) is 5.91 Å². The molecule has 1 aromatic carbocycles. The summed E-state index contributed by atoms with van der Waals surface area (Å²) in [6.07, 6.45) is 0. The van der Waals surface area contributed by atoms with Crippen LogP contribution in [0.2, 0.25) is 0 Å². The van der Waals surface area contributed by atoms with E-state index in [1.807, 2.05) is 31.2 Å². The zero-order chi connectivity index (χ0) is 14.5. The Bertz CT molecular complexity index is 620. The third-order valence-electron chi connectivity index (χ3n) is 2.64. The van der Waals surface area contributed by atoms with Crippen molar-refractivity contribution in [2.24, 2.45) is 5.73 Å². The molecule has 6 heteroatoms. The molecule has 0 spiro atoms. The topological polar surface area (TPSA) is 84.2 Å². The Morgan fingerprint density at radius 2 is 1.85 bits per heavy atom. The van der Waals surface area contributed by atoms with Crippen LogP contribution in [-0.2, 0) is 6.54 Å². The molecule has 0 aliphatic carbocycles. The van der Waals surface area contributed by atoms with Crippen LogP contribution in [0.1, 0.15) is 20.1 Å². The average molecular weight is 289 g/mol. The molecule has 0 saturated heterocycles. The second-order valence-electron chi connectivity index (χ2n) is 4.28. The Morgan fingerprint density at radius 3 is 2.40 bits per heavy atom. The highest BCUT2D eigenvalue weighted by Crippen LogP contribution is 2.15. The first kappa shape index (κ1) is 14.1. The molecule has 0 aliphatic rings. The zero-order valence-electron chi connectivity index (χ0n) is 11.0. The van der Waals surface area contributed by atoms with Crippen molar-refractivity contribution in [3.8, 4) is 0 Å². The van der Waals surface area contributed by atoms with Gasteiger partial charge in [-0.15, -0.1) is 11.3 Å². The minimum Gasteiger partial charge on any atom is -0.351 e. The van der Waals surface area contributed by atoms with Gasteiger partial charge in [0.1, 0.15) is 0 Å². The van der Waals surface area contributed by atoms with Gasteiger partial charge in [-0.1, -0.05) is 12.1 Å². The number of urea groups is 1. The number of hydrogen-bond acceptors (Lipinski definition) is 3. The number of hydrogen-bond donors (Lipinski definition) is 3. The second-order valence-corrected chi connectivity index (χ2v) is 5.57. The number of carbonyl (C=O) groups excluding carboxylic acids is 2. The molecular formula is C14H15N3O2S. The van der Waals surface area contributed by atoms with Crippen LogP contribution < -0.4 is 16.4 Å². The summed E-state index contributed by atoms with van der Waals surface area (Å²) in [7, 11) is 0. The average Bonchev–Trinajstić information content (AvgIpc) is 2.84. The molecule has 0 unspecified atom stereocenters. The number of amides is 3. The third kappa shape index (κ3) is 3.83. The van der Waals surface area contributed by atoms with Gasteiger partial charge in [-0.2, -0.15) is 0 Å². The molecule has 1 aromatic heterocycles. The summed E-state index contributed by atoms with van der Waals surface area (Å²) in [6, 6.07) is 10.3. The van der Waals surface area contributed by atoms with Crippen LogP contribution in [0.25, 0.3) is 0 Å². The van der Waals surface area contributed by atoms with Crippen LogP contribution in [0.3, 0.4) is 0 Å². The number of nitrogens with two attached hydrogens (primary N) is 1. The van der Waals surface area contributed by atoms with Gasteiger partial charge in [-0.3, -0.25) is 4.79 Å². The molecule has 0 aliphatic heterocycles. The van der Waals surface area contributed by atoms with Crippen molar-refractivity contribution in [1.82, 2.24) is 5.32 Å². The van der Waals surface area contributed by atoms with Crippen molar-refractivity contribution >= 4 is 29.0 Å². The van der Waals surface area contributed by atoms with Crippen molar-refractivity contribution in [2.45, 2.75) is 13.5 Å². The van der Waals surface area contributed by atoms with Crippen molar-refractivity contribution in [1.29, 1.82) is 0 Å². The Balaban J connectivity index is 1.90. The van der Waals surface area contributed by atoms with Crippen LogP contribution in [0.5, 0.6) is 0 Å². The van der Waals surface area contributed by atoms with Gasteiger partial charge in [0.2, 0.25) is 0 Å². The molecule has 5 nitrogen and oxygen atoms in total. The molecule has 1 heterocycles. The highest BCUT2D eigenvalue weighted by Gasteiger charge is 2.07. The van der Waals surface area contributed by atoms with E-state index in [9.17, 15) is 9.59 Å². The first-order chi connectivity index (χ1) is 9.54. The van der Waals surface area contributed by atoms with Crippen LogP contribution >= 0.6 is 11.3 Å². The molecule has 2 aromatic rings. The lowest BCUT2D eigenvalue weighted by Gasteiger charge is -2.06. The Kier molecular flexibility index (Phi) is 4.37. The van der Waals surface area contributed by atoms with Gasteiger partial charge >= 0.3 is 6.03 Å². The van der Waals surface area contributed by atoms with E-state index < -0.39 is 6.03 Å². The van der Waals surface area contributed by atoms with Crippen LogP contribution in [0.4, 0.5) is 10.5 Å². The number of rotatable bonds is 4. The quantitative estimate of drug-likeness (QED) is 0.808. The Labute approximate surface area is 120 Å². The number of thiophene rings is 1. The van der Waals surface area contributed by atoms with Crippen molar-refractivity contribution in [3.63, 3.8) is 0 Å². The lowest BCUT2D eigenvalue weighted by Crippen LogP contribution is -2.22. The molecule has 0 atom stereocenters. The molecule has 0 fully saturated rings. The summed E-state index contributed by atoms with van der Waals surface area (Å²) < 4.78 is 0. The van der Waals surface area contributed by atoms with E-state index >= 15 is 0 Å². The minimum absolute atomic E-state index is 0.0811. The van der Waals surface area contributed by atoms with E-state index in [1.54, 1.807) is 12.1 Å². The summed E-state index contributed by atoms with van der Waals surface area (Å²) in [5.74, 6) is -0.0811. The molecular weight excluding hydrogens is 274 g/mol. The molecule has 4 N–H and O–H groups in total. The molecule has 0 radical (unpaired) electrons. The monoisotopic (exact) mass is 289 g/mol. The Morgan fingerprint density at radius 1 is 1.15 bits per heavy atom. The Hall–Kier alpha value is -2.34. The lowest BCUT2D eigenvalue weighted by molar-refractivity contribution is 0.0955. The van der Waals surface area contributed by atoms with E-state index in [0.29, 0.717) is 17.1 Å². The largest absolute Gasteiger partial charge is 0.351 e. The zero-order valence-corrected chi connectivity index (χ0v) is 11.8. The first-order valence-corrected chi connectivity index (χ1v) is 6.86. The fraction of sp³-hybridized carbons (Fsp3) is 0.143. The minimum atomic E-state index is -0.598. The predicted molar refractivity (Wildman–Crippen MR) is 79.9 cm³/mol. The maximum Gasteiger partial charge on any atom is 0.316 e. The highest BCUT2D eigenvalue weighted by atomic mass is 32.1. The first-order valence-electron chi connectivity index (χ1n) is 6.04. The lowest BCUT2D eigenvalue weighted by atomic mass is 10.2. The third-order valence-corrected chi connectivity index (χ3v) is 3.64. The fourth-order valence-corrected chi connectivity index (χ4v) is 2.46. The molecule has 2 rings (SSSR count). The number of carbonyl (C=O) groups is 2. The summed E-state index contributed by atoms with van der Waals surface area (Å²) in [5, 5.41) is 5.33. The molecule has 104 valence electrons. The van der Waals surface area contributed by atoms with Crippen molar-refractivity contribution < 1.29 is 9.59 Å². The SMILES string of the molecule is Cc1ccc(C(=O)NCc2ccc(NC(N)=O)cc2)s1. The van der Waals surface area contributed by atoms with Crippen LogP contribution in [0.15, 0.2) is 36.4 Å². The normalized spacial score (nSPS) is 10.1. The smallest absolute Gasteiger partial charge is 0.316 e. The summed E-state index contributed by atoms with van der Waals surface area (Å²) >= 11 is 1.47. The van der Waals surface area contributed by atoms with E-state index in [4.69, 9.17) is 5.73 Å². The van der Waals surface area contributed by atoms with E-state index in [2.05, 4.69) is 10.6 Å². The number of aryl methyl sites for hydroxylation is 1. The summed E-state index contributed by atoms with van der Waals surface area (Å²) in [5.41, 5.74) is 6.59. The van der Waals surface area contributed by atoms with Gasteiger partial charge in [0.05, 0.1) is 4.88 Å². The van der Waals surface area contributed by atoms with Gasteiger partial charge in [0.25, 0.3) is 5.91 Å². The number of anilines is 1. The van der Waals surface area contributed by atoms with Crippen molar-refractivity contribution in [3.05, 3.63) is 51.7 Å². The molecule has 3 amide bonds. The highest BCUT2D eigenvalue weighted by molar-refractivity contribution is 7.13. The second kappa shape index (κ2) is 6.21. The van der Waals surface area contributed by atoms with E-state index in [1.165, 1.54) is 11.3 Å². The molecule has 0 saturated carbocycles. The predicted octanol–water partition coefficient (Wildman–Crippen LogP) is 2.48. The summed E-state index contributed by atoms with van der Waals surface area (Å²) in [4.78, 5) is 24.4. The van der Waals surface area contributed by atoms with Crippen LogP contribution in [0, 0.1) is 6.92 Å². The molecule has 0 bridgehead atoms. The van der Waals surface area contributed by atoms with Crippen LogP contribution in [-0.4, -0.2) is 11.9 Å². The maximum absolute atomic E-state index is 11.9.